The molecule has 18 heavy (non-hydrogen) atoms. The first-order valence-corrected chi connectivity index (χ1v) is 6.93. The number of nitrogens with one attached hydrogen (secondary N) is 1. The van der Waals surface area contributed by atoms with E-state index in [4.69, 9.17) is 4.74 Å². The summed E-state index contributed by atoms with van der Waals surface area (Å²) in [5.74, 6) is 0.941. The molecule has 2 aromatic rings. The molecule has 96 valence electrons. The quantitative estimate of drug-likeness (QED) is 0.887. The molecule has 2 rings (SSSR count). The van der Waals surface area contributed by atoms with Gasteiger partial charge in [-0.1, -0.05) is 12.1 Å². The number of ether oxygens (including phenoxy) is 1. The Kier molecular flexibility index (Phi) is 4.39. The third-order valence-corrected chi connectivity index (χ3v) is 3.90. The van der Waals surface area contributed by atoms with E-state index in [0.29, 0.717) is 6.61 Å². The molecule has 0 unspecified atom stereocenters. The van der Waals surface area contributed by atoms with Crippen molar-refractivity contribution in [3.05, 3.63) is 51.2 Å². The zero-order chi connectivity index (χ0) is 13.0. The van der Waals surface area contributed by atoms with E-state index in [0.717, 1.165) is 12.3 Å². The molecule has 3 heteroatoms. The predicted molar refractivity (Wildman–Crippen MR) is 77.3 cm³/mol. The first kappa shape index (κ1) is 13.1. The molecule has 0 amide bonds. The van der Waals surface area contributed by atoms with Gasteiger partial charge in [0.2, 0.25) is 0 Å². The van der Waals surface area contributed by atoms with Gasteiger partial charge in [0.25, 0.3) is 0 Å². The molecule has 0 saturated carbocycles. The maximum atomic E-state index is 5.83. The summed E-state index contributed by atoms with van der Waals surface area (Å²) in [6, 6.07) is 10.4. The molecule has 0 saturated heterocycles. The average molecular weight is 261 g/mol. The van der Waals surface area contributed by atoms with Crippen LogP contribution in [-0.2, 0) is 13.2 Å². The second kappa shape index (κ2) is 6.03. The Morgan fingerprint density at radius 1 is 1.22 bits per heavy atom. The fraction of sp³-hybridized carbons (Fsp3) is 0.333. The maximum Gasteiger partial charge on any atom is 0.120 e. The zero-order valence-electron chi connectivity index (χ0n) is 11.1. The number of benzene rings is 1. The molecule has 1 N–H and O–H groups in total. The van der Waals surface area contributed by atoms with Crippen molar-refractivity contribution in [1.82, 2.24) is 5.32 Å². The Labute approximate surface area is 113 Å². The normalized spacial score (nSPS) is 10.6. The number of rotatable bonds is 5. The highest BCUT2D eigenvalue weighted by Crippen LogP contribution is 2.23. The van der Waals surface area contributed by atoms with Gasteiger partial charge < -0.3 is 10.1 Å². The summed E-state index contributed by atoms with van der Waals surface area (Å²) in [5, 5.41) is 3.18. The van der Waals surface area contributed by atoms with Gasteiger partial charge in [0.1, 0.15) is 12.4 Å². The van der Waals surface area contributed by atoms with E-state index in [1.807, 2.05) is 30.5 Å². The van der Waals surface area contributed by atoms with Gasteiger partial charge in [-0.2, -0.15) is 0 Å². The lowest BCUT2D eigenvalue weighted by molar-refractivity contribution is 0.306. The fourth-order valence-electron chi connectivity index (χ4n) is 1.86. The molecular weight excluding hydrogens is 242 g/mol. The summed E-state index contributed by atoms with van der Waals surface area (Å²) < 4.78 is 5.83. The Bertz CT molecular complexity index is 519. The van der Waals surface area contributed by atoms with E-state index < -0.39 is 0 Å². The lowest BCUT2D eigenvalue weighted by Crippen LogP contribution is -2.02. The number of hydrogen-bond donors (Lipinski definition) is 1. The van der Waals surface area contributed by atoms with Gasteiger partial charge in [0.05, 0.1) is 0 Å². The lowest BCUT2D eigenvalue weighted by atomic mass is 10.2. The van der Waals surface area contributed by atoms with Crippen molar-refractivity contribution in [2.75, 3.05) is 7.05 Å². The van der Waals surface area contributed by atoms with Crippen molar-refractivity contribution in [1.29, 1.82) is 0 Å². The van der Waals surface area contributed by atoms with Crippen molar-refractivity contribution in [3.8, 4) is 5.75 Å². The molecule has 0 aliphatic rings. The van der Waals surface area contributed by atoms with Gasteiger partial charge in [-0.25, -0.2) is 0 Å². The lowest BCUT2D eigenvalue weighted by Gasteiger charge is -2.06. The summed E-state index contributed by atoms with van der Waals surface area (Å²) in [5.41, 5.74) is 2.51. The average Bonchev–Trinajstić information content (AvgIpc) is 2.68. The van der Waals surface area contributed by atoms with E-state index in [2.05, 4.69) is 37.4 Å². The smallest absolute Gasteiger partial charge is 0.120 e. The summed E-state index contributed by atoms with van der Waals surface area (Å²) >= 11 is 1.83. The molecule has 1 heterocycles. The van der Waals surface area contributed by atoms with E-state index in [1.165, 1.54) is 20.9 Å². The minimum Gasteiger partial charge on any atom is -0.489 e. The molecule has 0 spiro atoms. The van der Waals surface area contributed by atoms with E-state index in [1.54, 1.807) is 0 Å². The topological polar surface area (TPSA) is 21.3 Å². The molecule has 1 aromatic heterocycles. The molecule has 0 radical (unpaired) electrons. The third-order valence-electron chi connectivity index (χ3n) is 2.81. The van der Waals surface area contributed by atoms with Crippen LogP contribution in [-0.4, -0.2) is 7.05 Å². The fourth-order valence-corrected chi connectivity index (χ4v) is 2.92. The highest BCUT2D eigenvalue weighted by atomic mass is 32.1. The van der Waals surface area contributed by atoms with Crippen LogP contribution in [0, 0.1) is 13.8 Å². The van der Waals surface area contributed by atoms with Crippen LogP contribution in [0.25, 0.3) is 0 Å². The van der Waals surface area contributed by atoms with Gasteiger partial charge in [0.15, 0.2) is 0 Å². The largest absolute Gasteiger partial charge is 0.489 e. The van der Waals surface area contributed by atoms with Gasteiger partial charge in [-0.05, 0) is 44.7 Å². The Hall–Kier alpha value is -1.32. The molecular formula is C15H19NOS. The highest BCUT2D eigenvalue weighted by Gasteiger charge is 2.05. The maximum absolute atomic E-state index is 5.83. The monoisotopic (exact) mass is 261 g/mol. The Morgan fingerprint density at radius 2 is 2.06 bits per heavy atom. The minimum atomic E-state index is 0.648. The van der Waals surface area contributed by atoms with Crippen LogP contribution in [0.4, 0.5) is 0 Å². The SMILES string of the molecule is CNCc1cc(COc2cccc(C)c2)c(C)s1. The Balaban J connectivity index is 2.01. The Morgan fingerprint density at radius 3 is 2.78 bits per heavy atom. The first-order chi connectivity index (χ1) is 8.69. The summed E-state index contributed by atoms with van der Waals surface area (Å²) in [4.78, 5) is 2.70. The molecule has 0 fully saturated rings. The number of aryl methyl sites for hydroxylation is 2. The standard InChI is InChI=1S/C15H19NOS/c1-11-5-4-6-14(7-11)17-10-13-8-15(9-16-3)18-12(13)2/h4-8,16H,9-10H2,1-3H3. The molecule has 0 aliphatic carbocycles. The second-order valence-corrected chi connectivity index (χ2v) is 5.77. The molecule has 0 bridgehead atoms. The van der Waals surface area contributed by atoms with Crippen molar-refractivity contribution in [2.24, 2.45) is 0 Å². The molecule has 1 aromatic carbocycles. The second-order valence-electron chi connectivity index (χ2n) is 4.43. The van der Waals surface area contributed by atoms with Crippen molar-refractivity contribution >= 4 is 11.3 Å². The number of thiophene rings is 1. The van der Waals surface area contributed by atoms with E-state index in [9.17, 15) is 0 Å². The van der Waals surface area contributed by atoms with Gasteiger partial charge >= 0.3 is 0 Å². The molecule has 2 nitrogen and oxygen atoms in total. The van der Waals surface area contributed by atoms with Crippen molar-refractivity contribution in [3.63, 3.8) is 0 Å². The van der Waals surface area contributed by atoms with E-state index in [-0.39, 0.29) is 0 Å². The highest BCUT2D eigenvalue weighted by molar-refractivity contribution is 7.12. The predicted octanol–water partition coefficient (Wildman–Crippen LogP) is 3.66. The third kappa shape index (κ3) is 3.34. The van der Waals surface area contributed by atoms with Crippen LogP contribution >= 0.6 is 11.3 Å². The van der Waals surface area contributed by atoms with Crippen LogP contribution < -0.4 is 10.1 Å². The summed E-state index contributed by atoms with van der Waals surface area (Å²) in [6.07, 6.45) is 0. The van der Waals surface area contributed by atoms with Gasteiger partial charge in [0, 0.05) is 21.9 Å². The first-order valence-electron chi connectivity index (χ1n) is 6.11. The van der Waals surface area contributed by atoms with Crippen molar-refractivity contribution < 1.29 is 4.74 Å². The number of hydrogen-bond acceptors (Lipinski definition) is 3. The zero-order valence-corrected chi connectivity index (χ0v) is 11.9. The van der Waals surface area contributed by atoms with Crippen LogP contribution in [0.15, 0.2) is 30.3 Å². The summed E-state index contributed by atoms with van der Waals surface area (Å²) in [6.45, 7) is 5.80. The van der Waals surface area contributed by atoms with E-state index >= 15 is 0 Å². The van der Waals surface area contributed by atoms with Gasteiger partial charge in [-0.3, -0.25) is 0 Å². The summed E-state index contributed by atoms with van der Waals surface area (Å²) in [7, 11) is 1.97. The van der Waals surface area contributed by atoms with Crippen LogP contribution in [0.5, 0.6) is 5.75 Å². The van der Waals surface area contributed by atoms with Crippen LogP contribution in [0.3, 0.4) is 0 Å². The molecule has 0 aliphatic heterocycles. The van der Waals surface area contributed by atoms with Crippen LogP contribution in [0.1, 0.15) is 20.9 Å². The minimum absolute atomic E-state index is 0.648. The van der Waals surface area contributed by atoms with Gasteiger partial charge in [-0.15, -0.1) is 11.3 Å². The van der Waals surface area contributed by atoms with Crippen molar-refractivity contribution in [2.45, 2.75) is 27.0 Å². The van der Waals surface area contributed by atoms with Crippen LogP contribution in [0.2, 0.25) is 0 Å². The molecule has 0 atom stereocenters.